The fourth-order valence-corrected chi connectivity index (χ4v) is 7.83. The third kappa shape index (κ3) is 7.17. The van der Waals surface area contributed by atoms with Gasteiger partial charge in [-0.1, -0.05) is 72.6 Å². The molecule has 2 fully saturated rings. The summed E-state index contributed by atoms with van der Waals surface area (Å²) >= 11 is 12.8. The van der Waals surface area contributed by atoms with Crippen LogP contribution in [0.25, 0.3) is 0 Å². The zero-order chi connectivity index (χ0) is 31.6. The molecule has 44 heavy (non-hydrogen) atoms. The van der Waals surface area contributed by atoms with Crippen LogP contribution in [0.3, 0.4) is 0 Å². The number of hydrogen-bond acceptors (Lipinski definition) is 4. The number of nitrogens with zero attached hydrogens (tertiary/aromatic N) is 2. The molecule has 0 N–H and O–H groups in total. The van der Waals surface area contributed by atoms with Crippen LogP contribution in [0.15, 0.2) is 85.5 Å². The van der Waals surface area contributed by atoms with Gasteiger partial charge in [-0.15, -0.1) is 6.58 Å². The summed E-state index contributed by atoms with van der Waals surface area (Å²) in [7, 11) is -2.04. The van der Waals surface area contributed by atoms with Gasteiger partial charge in [0.15, 0.2) is 0 Å². The number of carbonyl (C=O) groups excluding carboxylic acids is 1. The highest BCUT2D eigenvalue weighted by atomic mass is 35.5. The van der Waals surface area contributed by atoms with Crippen LogP contribution in [0.1, 0.15) is 61.3 Å². The first-order chi connectivity index (χ1) is 20.9. The Hall–Kier alpha value is -2.84. The number of carbonyl (C=O) groups is 1. The minimum atomic E-state index is -3.63. The molecule has 4 atom stereocenters. The van der Waals surface area contributed by atoms with Gasteiger partial charge in [0.2, 0.25) is 15.9 Å². The summed E-state index contributed by atoms with van der Waals surface area (Å²) < 4.78 is 33.5. The molecular formula is C35H40Cl2N2O4S. The highest BCUT2D eigenvalue weighted by Gasteiger charge is 2.53. The quantitative estimate of drug-likeness (QED) is 0.186. The smallest absolute Gasteiger partial charge is 0.229 e. The van der Waals surface area contributed by atoms with Gasteiger partial charge in [0, 0.05) is 35.1 Å². The standard InChI is InChI=1S/C35H40Cl2N2O4S/c1-5-18-35(2)21-31(27-9-7-10-29(37)20-27)33(26-14-16-28(36)17-15-26)39(34(35)40)32(25-12-13-25)23-38(44(4,41)42)22-24-8-6-11-30(19-24)43-3/h5-11,14-17,19-20,25,31-33H,1,12-13,18,21-23H2,2-4H3/t31-,32?,33-,35+/m1/s1. The molecule has 2 aliphatic rings. The summed E-state index contributed by atoms with van der Waals surface area (Å²) in [6.45, 7) is 6.35. The third-order valence-electron chi connectivity index (χ3n) is 9.06. The second kappa shape index (κ2) is 13.3. The van der Waals surface area contributed by atoms with E-state index in [9.17, 15) is 13.2 Å². The molecule has 5 rings (SSSR count). The van der Waals surface area contributed by atoms with Crippen molar-refractivity contribution in [1.82, 2.24) is 9.21 Å². The number of allylic oxidation sites excluding steroid dienone is 1. The number of ether oxygens (including phenoxy) is 1. The molecular weight excluding hydrogens is 615 g/mol. The molecule has 234 valence electrons. The predicted molar refractivity (Wildman–Crippen MR) is 178 cm³/mol. The lowest BCUT2D eigenvalue weighted by Crippen LogP contribution is -2.58. The Morgan fingerprint density at radius 3 is 2.36 bits per heavy atom. The summed E-state index contributed by atoms with van der Waals surface area (Å²) in [5.41, 5.74) is 2.08. The zero-order valence-corrected chi connectivity index (χ0v) is 27.8. The lowest BCUT2D eigenvalue weighted by molar-refractivity contribution is -0.155. The van der Waals surface area contributed by atoms with Crippen LogP contribution in [0.5, 0.6) is 5.75 Å². The van der Waals surface area contributed by atoms with Gasteiger partial charge in [-0.2, -0.15) is 4.31 Å². The molecule has 9 heteroatoms. The maximum Gasteiger partial charge on any atom is 0.229 e. The number of methoxy groups -OCH3 is 1. The van der Waals surface area contributed by atoms with Crippen molar-refractivity contribution in [3.63, 3.8) is 0 Å². The van der Waals surface area contributed by atoms with E-state index in [1.165, 1.54) is 10.6 Å². The van der Waals surface area contributed by atoms with Crippen LogP contribution in [-0.4, -0.2) is 49.5 Å². The number of amides is 1. The van der Waals surface area contributed by atoms with E-state index >= 15 is 0 Å². The Morgan fingerprint density at radius 1 is 1.05 bits per heavy atom. The van der Waals surface area contributed by atoms with Gasteiger partial charge in [-0.3, -0.25) is 4.79 Å². The third-order valence-corrected chi connectivity index (χ3v) is 10.8. The van der Waals surface area contributed by atoms with Gasteiger partial charge >= 0.3 is 0 Å². The maximum absolute atomic E-state index is 14.8. The summed E-state index contributed by atoms with van der Waals surface area (Å²) in [6, 6.07) is 22.3. The molecule has 1 amide bonds. The minimum Gasteiger partial charge on any atom is -0.497 e. The number of sulfonamides is 1. The largest absolute Gasteiger partial charge is 0.497 e. The van der Waals surface area contributed by atoms with Crippen molar-refractivity contribution in [2.24, 2.45) is 11.3 Å². The van der Waals surface area contributed by atoms with Gasteiger partial charge < -0.3 is 9.64 Å². The number of halogens is 2. The Labute approximate surface area is 271 Å². The fourth-order valence-electron chi connectivity index (χ4n) is 6.70. The average Bonchev–Trinajstić information content (AvgIpc) is 3.83. The predicted octanol–water partition coefficient (Wildman–Crippen LogP) is 7.88. The molecule has 0 radical (unpaired) electrons. The van der Waals surface area contributed by atoms with Crippen molar-refractivity contribution in [2.75, 3.05) is 19.9 Å². The van der Waals surface area contributed by atoms with Crippen molar-refractivity contribution in [1.29, 1.82) is 0 Å². The van der Waals surface area contributed by atoms with Crippen LogP contribution in [0.2, 0.25) is 10.0 Å². The van der Waals surface area contributed by atoms with Crippen molar-refractivity contribution >= 4 is 39.1 Å². The zero-order valence-electron chi connectivity index (χ0n) is 25.5. The van der Waals surface area contributed by atoms with Crippen LogP contribution < -0.4 is 4.74 Å². The molecule has 1 saturated heterocycles. The summed E-state index contributed by atoms with van der Waals surface area (Å²) in [4.78, 5) is 16.8. The summed E-state index contributed by atoms with van der Waals surface area (Å²) in [5.74, 6) is 0.758. The lowest BCUT2D eigenvalue weighted by atomic mass is 9.67. The van der Waals surface area contributed by atoms with E-state index < -0.39 is 15.4 Å². The van der Waals surface area contributed by atoms with Crippen molar-refractivity contribution in [2.45, 2.75) is 57.2 Å². The molecule has 6 nitrogen and oxygen atoms in total. The fraction of sp³-hybridized carbons (Fsp3) is 0.400. The van der Waals surface area contributed by atoms with E-state index in [-0.39, 0.29) is 42.9 Å². The number of hydrogen-bond donors (Lipinski definition) is 0. The minimum absolute atomic E-state index is 0.0161. The highest BCUT2D eigenvalue weighted by molar-refractivity contribution is 7.88. The maximum atomic E-state index is 14.8. The lowest BCUT2D eigenvalue weighted by Gasteiger charge is -2.52. The van der Waals surface area contributed by atoms with Crippen LogP contribution >= 0.6 is 23.2 Å². The van der Waals surface area contributed by atoms with E-state index in [2.05, 4.69) is 12.6 Å². The Balaban J connectivity index is 1.64. The van der Waals surface area contributed by atoms with E-state index in [1.807, 2.05) is 84.6 Å². The molecule has 3 aromatic carbocycles. The molecule has 1 aliphatic heterocycles. The first-order valence-electron chi connectivity index (χ1n) is 15.0. The number of piperidine rings is 1. The van der Waals surface area contributed by atoms with E-state index in [1.54, 1.807) is 7.11 Å². The molecule has 1 heterocycles. The van der Waals surface area contributed by atoms with Crippen molar-refractivity contribution in [3.8, 4) is 5.75 Å². The van der Waals surface area contributed by atoms with Crippen LogP contribution in [0, 0.1) is 11.3 Å². The van der Waals surface area contributed by atoms with Gasteiger partial charge in [0.25, 0.3) is 0 Å². The molecule has 0 bridgehead atoms. The molecule has 1 saturated carbocycles. The number of rotatable bonds is 12. The van der Waals surface area contributed by atoms with Crippen LogP contribution in [-0.2, 0) is 21.4 Å². The highest BCUT2D eigenvalue weighted by Crippen LogP contribution is 2.54. The first-order valence-corrected chi connectivity index (χ1v) is 17.6. The SMILES string of the molecule is C=CC[C@@]1(C)C[C@H](c2cccc(Cl)c2)[C@@H](c2ccc(Cl)cc2)N(C(CN(Cc2cccc(OC)c2)S(C)(=O)=O)C2CC2)C1=O. The second-order valence-electron chi connectivity index (χ2n) is 12.4. The average molecular weight is 656 g/mol. The molecule has 1 unspecified atom stereocenters. The molecule has 0 spiro atoms. The topological polar surface area (TPSA) is 66.9 Å². The number of benzene rings is 3. The van der Waals surface area contributed by atoms with E-state index in [0.717, 1.165) is 29.5 Å². The van der Waals surface area contributed by atoms with Crippen molar-refractivity contribution in [3.05, 3.63) is 112 Å². The van der Waals surface area contributed by atoms with Gasteiger partial charge in [-0.25, -0.2) is 8.42 Å². The van der Waals surface area contributed by atoms with E-state index in [4.69, 9.17) is 27.9 Å². The summed E-state index contributed by atoms with van der Waals surface area (Å²) in [5, 5.41) is 1.24. The van der Waals surface area contributed by atoms with E-state index in [0.29, 0.717) is 28.6 Å². The Bertz CT molecular complexity index is 1610. The van der Waals surface area contributed by atoms with Gasteiger partial charge in [0.05, 0.1) is 24.8 Å². The monoisotopic (exact) mass is 654 g/mol. The Kier molecular flexibility index (Phi) is 9.81. The second-order valence-corrected chi connectivity index (χ2v) is 15.3. The Morgan fingerprint density at radius 2 is 1.75 bits per heavy atom. The van der Waals surface area contributed by atoms with Crippen LogP contribution in [0.4, 0.5) is 0 Å². The molecule has 0 aromatic heterocycles. The van der Waals surface area contributed by atoms with Crippen molar-refractivity contribution < 1.29 is 17.9 Å². The number of likely N-dealkylation sites (tertiary alicyclic amines) is 1. The van der Waals surface area contributed by atoms with Gasteiger partial charge in [-0.05, 0) is 84.7 Å². The molecule has 1 aliphatic carbocycles. The summed E-state index contributed by atoms with van der Waals surface area (Å²) in [6.07, 6.45) is 6.01. The molecule has 3 aromatic rings. The van der Waals surface area contributed by atoms with Gasteiger partial charge in [0.1, 0.15) is 5.75 Å². The normalized spacial score (nSPS) is 23.0. The first kappa shape index (κ1) is 32.6.